The number of imide groups is 1. The number of hydrogen-bond acceptors (Lipinski definition) is 3. The average Bonchev–Trinajstić information content (AvgIpc) is 3.18. The van der Waals surface area contributed by atoms with E-state index in [1.165, 1.54) is 4.90 Å². The van der Waals surface area contributed by atoms with Gasteiger partial charge in [-0.15, -0.1) is 0 Å². The molecule has 3 amide bonds. The molecule has 0 N–H and O–H groups in total. The van der Waals surface area contributed by atoms with Crippen molar-refractivity contribution >= 4 is 17.7 Å². The van der Waals surface area contributed by atoms with Crippen LogP contribution < -0.4 is 0 Å². The highest BCUT2D eigenvalue weighted by atomic mass is 16.2. The second-order valence-electron chi connectivity index (χ2n) is 6.74. The topological polar surface area (TPSA) is 57.7 Å². The Morgan fingerprint density at radius 2 is 1.55 bits per heavy atom. The Morgan fingerprint density at radius 1 is 1.00 bits per heavy atom. The lowest BCUT2D eigenvalue weighted by Gasteiger charge is -2.21. The minimum atomic E-state index is -0.104. The molecular weight excluding hydrogens is 256 g/mol. The molecule has 0 aromatic rings. The van der Waals surface area contributed by atoms with Gasteiger partial charge in [-0.25, -0.2) is 0 Å². The van der Waals surface area contributed by atoms with Gasteiger partial charge in [-0.1, -0.05) is 0 Å². The first kappa shape index (κ1) is 12.4. The molecule has 2 saturated heterocycles. The van der Waals surface area contributed by atoms with Gasteiger partial charge in [0.2, 0.25) is 17.7 Å². The van der Waals surface area contributed by atoms with E-state index in [4.69, 9.17) is 0 Å². The molecule has 2 bridgehead atoms. The molecule has 4 rings (SSSR count). The summed E-state index contributed by atoms with van der Waals surface area (Å²) in [6, 6.07) is 0. The van der Waals surface area contributed by atoms with Crippen molar-refractivity contribution in [3.8, 4) is 0 Å². The van der Waals surface area contributed by atoms with Crippen LogP contribution in [0.4, 0.5) is 0 Å². The smallest absolute Gasteiger partial charge is 0.242 e. The fourth-order valence-corrected chi connectivity index (χ4v) is 4.83. The number of hydrogen-bond donors (Lipinski definition) is 0. The zero-order valence-corrected chi connectivity index (χ0v) is 11.6. The van der Waals surface area contributed by atoms with Gasteiger partial charge in [0.05, 0.1) is 11.8 Å². The van der Waals surface area contributed by atoms with Crippen LogP contribution >= 0.6 is 0 Å². The van der Waals surface area contributed by atoms with Crippen molar-refractivity contribution in [2.45, 2.75) is 32.1 Å². The molecular formula is C15H20N2O3. The zero-order chi connectivity index (χ0) is 13.9. The molecule has 2 aliphatic carbocycles. The minimum absolute atomic E-state index is 0.0237. The molecule has 0 aromatic heterocycles. The normalized spacial score (nSPS) is 39.0. The average molecular weight is 276 g/mol. The molecule has 5 heteroatoms. The molecule has 20 heavy (non-hydrogen) atoms. The number of nitrogens with zero attached hydrogens (tertiary/aromatic N) is 2. The number of carbonyl (C=O) groups is 3. The summed E-state index contributed by atoms with van der Waals surface area (Å²) >= 11 is 0. The van der Waals surface area contributed by atoms with E-state index in [-0.39, 0.29) is 36.1 Å². The van der Waals surface area contributed by atoms with E-state index >= 15 is 0 Å². The second-order valence-corrected chi connectivity index (χ2v) is 6.74. The molecule has 5 nitrogen and oxygen atoms in total. The van der Waals surface area contributed by atoms with Crippen molar-refractivity contribution in [3.05, 3.63) is 0 Å². The maximum Gasteiger partial charge on any atom is 0.242 e. The van der Waals surface area contributed by atoms with E-state index in [0.29, 0.717) is 11.8 Å². The Hall–Kier alpha value is -1.39. The van der Waals surface area contributed by atoms with E-state index < -0.39 is 0 Å². The number of amides is 3. The maximum absolute atomic E-state index is 12.5. The predicted octanol–water partition coefficient (Wildman–Crippen LogP) is 0.640. The highest BCUT2D eigenvalue weighted by Crippen LogP contribution is 2.56. The minimum Gasteiger partial charge on any atom is -0.341 e. The molecule has 0 spiro atoms. The standard InChI is InChI=1S/C15H20N2O3/c18-11(16-5-1-2-6-16)8-17-14(19)12-9-3-4-10(7-9)13(12)15(17)20/h9-10,12-13H,1-8H2/t9-,10-,12-,13+/m0/s1. The number of rotatable bonds is 2. The van der Waals surface area contributed by atoms with Gasteiger partial charge in [-0.05, 0) is 43.9 Å². The Labute approximate surface area is 118 Å². The third-order valence-corrected chi connectivity index (χ3v) is 5.77. The molecule has 4 aliphatic rings. The van der Waals surface area contributed by atoms with Crippen molar-refractivity contribution in [1.29, 1.82) is 0 Å². The third kappa shape index (κ3) is 1.58. The Morgan fingerprint density at radius 3 is 2.10 bits per heavy atom. The number of carbonyl (C=O) groups excluding carboxylic acids is 3. The number of likely N-dealkylation sites (tertiary alicyclic amines) is 2. The van der Waals surface area contributed by atoms with Crippen LogP contribution in [0.25, 0.3) is 0 Å². The SMILES string of the molecule is O=C(CN1C(=O)[C@@H]2[C@H]3CC[C@@H](C3)[C@@H]2C1=O)N1CCCC1. The van der Waals surface area contributed by atoms with Crippen molar-refractivity contribution in [2.24, 2.45) is 23.7 Å². The Kier molecular flexibility index (Phi) is 2.66. The lowest BCUT2D eigenvalue weighted by atomic mass is 9.81. The lowest BCUT2D eigenvalue weighted by molar-refractivity contribution is -0.146. The van der Waals surface area contributed by atoms with E-state index in [2.05, 4.69) is 0 Å². The van der Waals surface area contributed by atoms with Gasteiger partial charge in [0, 0.05) is 13.1 Å². The van der Waals surface area contributed by atoms with Crippen LogP contribution in [0.2, 0.25) is 0 Å². The maximum atomic E-state index is 12.5. The summed E-state index contributed by atoms with van der Waals surface area (Å²) in [7, 11) is 0. The van der Waals surface area contributed by atoms with Gasteiger partial charge in [0.15, 0.2) is 0 Å². The van der Waals surface area contributed by atoms with Gasteiger partial charge in [0.1, 0.15) is 6.54 Å². The highest BCUT2D eigenvalue weighted by Gasteiger charge is 2.61. The van der Waals surface area contributed by atoms with Crippen molar-refractivity contribution < 1.29 is 14.4 Å². The largest absolute Gasteiger partial charge is 0.341 e. The van der Waals surface area contributed by atoms with Gasteiger partial charge >= 0.3 is 0 Å². The second kappa shape index (κ2) is 4.30. The lowest BCUT2D eigenvalue weighted by Crippen LogP contribution is -2.42. The third-order valence-electron chi connectivity index (χ3n) is 5.77. The molecule has 2 heterocycles. The summed E-state index contributed by atoms with van der Waals surface area (Å²) < 4.78 is 0. The predicted molar refractivity (Wildman–Crippen MR) is 70.3 cm³/mol. The van der Waals surface area contributed by atoms with E-state index in [0.717, 1.165) is 45.2 Å². The first-order valence-electron chi connectivity index (χ1n) is 7.80. The summed E-state index contributed by atoms with van der Waals surface area (Å²) in [5.74, 6) is 0.387. The van der Waals surface area contributed by atoms with Gasteiger partial charge < -0.3 is 4.90 Å². The van der Waals surface area contributed by atoms with E-state index in [1.54, 1.807) is 4.90 Å². The van der Waals surface area contributed by atoms with Crippen molar-refractivity contribution in [2.75, 3.05) is 19.6 Å². The molecule has 0 unspecified atom stereocenters. The van der Waals surface area contributed by atoms with Crippen molar-refractivity contribution in [1.82, 2.24) is 9.80 Å². The first-order valence-corrected chi connectivity index (χ1v) is 7.80. The van der Waals surface area contributed by atoms with Crippen molar-refractivity contribution in [3.63, 3.8) is 0 Å². The Balaban J connectivity index is 1.50. The van der Waals surface area contributed by atoms with Gasteiger partial charge in [0.25, 0.3) is 0 Å². The quantitative estimate of drug-likeness (QED) is 0.695. The molecule has 4 fully saturated rings. The Bertz CT molecular complexity index is 456. The fraction of sp³-hybridized carbons (Fsp3) is 0.800. The highest BCUT2D eigenvalue weighted by molar-refractivity contribution is 6.08. The summed E-state index contributed by atoms with van der Waals surface area (Å²) in [6.07, 6.45) is 5.27. The van der Waals surface area contributed by atoms with Gasteiger partial charge in [-0.2, -0.15) is 0 Å². The molecule has 108 valence electrons. The van der Waals surface area contributed by atoms with Crippen LogP contribution in [0, 0.1) is 23.7 Å². The molecule has 0 aromatic carbocycles. The van der Waals surface area contributed by atoms with E-state index in [9.17, 15) is 14.4 Å². The molecule has 2 saturated carbocycles. The van der Waals surface area contributed by atoms with E-state index in [1.807, 2.05) is 0 Å². The van der Waals surface area contributed by atoms with Crippen LogP contribution in [0.5, 0.6) is 0 Å². The monoisotopic (exact) mass is 276 g/mol. The summed E-state index contributed by atoms with van der Waals surface area (Å²) in [5, 5.41) is 0. The summed E-state index contributed by atoms with van der Waals surface area (Å²) in [5.41, 5.74) is 0. The summed E-state index contributed by atoms with van der Waals surface area (Å²) in [4.78, 5) is 40.2. The fourth-order valence-electron chi connectivity index (χ4n) is 4.83. The zero-order valence-electron chi connectivity index (χ0n) is 11.6. The van der Waals surface area contributed by atoms with Gasteiger partial charge in [-0.3, -0.25) is 19.3 Å². The van der Waals surface area contributed by atoms with Crippen LogP contribution in [0.3, 0.4) is 0 Å². The van der Waals surface area contributed by atoms with Crippen LogP contribution in [-0.2, 0) is 14.4 Å². The van der Waals surface area contributed by atoms with Crippen LogP contribution in [-0.4, -0.2) is 47.2 Å². The summed E-state index contributed by atoms with van der Waals surface area (Å²) in [6.45, 7) is 1.52. The molecule has 2 aliphatic heterocycles. The van der Waals surface area contributed by atoms with Crippen LogP contribution in [0.15, 0.2) is 0 Å². The number of fused-ring (bicyclic) bond motifs is 5. The van der Waals surface area contributed by atoms with Crippen LogP contribution in [0.1, 0.15) is 32.1 Å². The first-order chi connectivity index (χ1) is 9.66. The molecule has 0 radical (unpaired) electrons. The molecule has 4 atom stereocenters.